The zero-order valence-corrected chi connectivity index (χ0v) is 14.0. The summed E-state index contributed by atoms with van der Waals surface area (Å²) in [5, 5.41) is 15.7. The average Bonchev–Trinajstić information content (AvgIpc) is 3.07. The van der Waals surface area contributed by atoms with Crippen LogP contribution in [0, 0.1) is 23.0 Å². The number of fused-ring (bicyclic) bond motifs is 3. The number of nitrogens with zero attached hydrogens (tertiary/aromatic N) is 1. The second-order valence-electron chi connectivity index (χ2n) is 6.43. The van der Waals surface area contributed by atoms with E-state index in [9.17, 15) is 10.1 Å². The van der Waals surface area contributed by atoms with Gasteiger partial charge in [0.05, 0.1) is 16.5 Å². The molecular formula is C19H17ClN2O2. The van der Waals surface area contributed by atoms with E-state index in [2.05, 4.69) is 23.5 Å². The van der Waals surface area contributed by atoms with Crippen LogP contribution in [0.4, 0.5) is 11.4 Å². The Morgan fingerprint density at radius 1 is 1.21 bits per heavy atom. The molecule has 1 N–H and O–H groups in total. The maximum absolute atomic E-state index is 11.5. The molecule has 24 heavy (non-hydrogen) atoms. The number of nitrogens with one attached hydrogen (secondary N) is 1. The van der Waals surface area contributed by atoms with Gasteiger partial charge in [-0.3, -0.25) is 10.1 Å². The Morgan fingerprint density at radius 2 is 2.00 bits per heavy atom. The Morgan fingerprint density at radius 3 is 2.79 bits per heavy atom. The largest absolute Gasteiger partial charge is 0.377 e. The quantitative estimate of drug-likeness (QED) is 0.453. The van der Waals surface area contributed by atoms with Crippen molar-refractivity contribution in [2.24, 2.45) is 5.92 Å². The molecule has 0 saturated carbocycles. The van der Waals surface area contributed by atoms with Gasteiger partial charge in [0, 0.05) is 22.7 Å². The van der Waals surface area contributed by atoms with E-state index in [-0.39, 0.29) is 28.5 Å². The minimum atomic E-state index is -0.297. The van der Waals surface area contributed by atoms with Gasteiger partial charge in [-0.15, -0.1) is 0 Å². The molecule has 122 valence electrons. The summed E-state index contributed by atoms with van der Waals surface area (Å²) >= 11 is 6.30. The topological polar surface area (TPSA) is 55.2 Å². The number of nitro groups is 1. The smallest absolute Gasteiger partial charge is 0.274 e. The second kappa shape index (κ2) is 5.64. The van der Waals surface area contributed by atoms with Crippen LogP contribution in [-0.4, -0.2) is 4.92 Å². The van der Waals surface area contributed by atoms with Crippen LogP contribution in [-0.2, 0) is 0 Å². The molecule has 0 unspecified atom stereocenters. The summed E-state index contributed by atoms with van der Waals surface area (Å²) in [6.07, 6.45) is 5.31. The van der Waals surface area contributed by atoms with Gasteiger partial charge in [-0.05, 0) is 36.5 Å². The first-order chi connectivity index (χ1) is 11.6. The maximum Gasteiger partial charge on any atom is 0.274 e. The fraction of sp³-hybridized carbons (Fsp3) is 0.263. The maximum atomic E-state index is 11.5. The molecule has 3 atom stereocenters. The van der Waals surface area contributed by atoms with E-state index in [0.717, 1.165) is 23.2 Å². The van der Waals surface area contributed by atoms with Gasteiger partial charge in [-0.1, -0.05) is 48.0 Å². The van der Waals surface area contributed by atoms with Gasteiger partial charge in [0.1, 0.15) is 0 Å². The molecule has 1 aliphatic carbocycles. The zero-order chi connectivity index (χ0) is 16.8. The highest BCUT2D eigenvalue weighted by Crippen LogP contribution is 2.52. The summed E-state index contributed by atoms with van der Waals surface area (Å²) in [5.74, 6) is 0.543. The SMILES string of the molecule is Cc1c(Cl)ccc2c1N[C@H](c1ccccc1[N+](=O)[O-])[C@@H]1CC=C[C@@H]21. The molecule has 0 radical (unpaired) electrons. The van der Waals surface area contributed by atoms with Gasteiger partial charge in [0.2, 0.25) is 0 Å². The lowest BCUT2D eigenvalue weighted by Crippen LogP contribution is -2.30. The molecule has 2 aromatic carbocycles. The molecule has 0 saturated heterocycles. The summed E-state index contributed by atoms with van der Waals surface area (Å²) in [7, 11) is 0. The van der Waals surface area contributed by atoms with Crippen molar-refractivity contribution in [2.75, 3.05) is 5.32 Å². The second-order valence-corrected chi connectivity index (χ2v) is 6.84. The fourth-order valence-corrected chi connectivity index (χ4v) is 4.17. The Bertz CT molecular complexity index is 862. The lowest BCUT2D eigenvalue weighted by molar-refractivity contribution is -0.385. The van der Waals surface area contributed by atoms with Crippen LogP contribution in [0.1, 0.15) is 35.1 Å². The molecule has 0 spiro atoms. The van der Waals surface area contributed by atoms with Crippen molar-refractivity contribution >= 4 is 23.0 Å². The predicted molar refractivity (Wildman–Crippen MR) is 95.6 cm³/mol. The van der Waals surface area contributed by atoms with E-state index >= 15 is 0 Å². The lowest BCUT2D eigenvalue weighted by atomic mass is 9.76. The molecule has 2 aliphatic rings. The number of nitro benzene ring substituents is 1. The van der Waals surface area contributed by atoms with Crippen molar-refractivity contribution < 1.29 is 4.92 Å². The lowest BCUT2D eigenvalue weighted by Gasteiger charge is -2.38. The van der Waals surface area contributed by atoms with Crippen molar-refractivity contribution in [3.05, 3.63) is 80.4 Å². The monoisotopic (exact) mass is 340 g/mol. The third kappa shape index (κ3) is 2.21. The Hall–Kier alpha value is -2.33. The molecule has 4 nitrogen and oxygen atoms in total. The number of rotatable bonds is 2. The van der Waals surface area contributed by atoms with Gasteiger partial charge < -0.3 is 5.32 Å². The van der Waals surface area contributed by atoms with Crippen LogP contribution in [0.15, 0.2) is 48.6 Å². The third-order valence-corrected chi connectivity index (χ3v) is 5.61. The highest BCUT2D eigenvalue weighted by Gasteiger charge is 2.40. The van der Waals surface area contributed by atoms with Crippen LogP contribution in [0.5, 0.6) is 0 Å². The Labute approximate surface area is 145 Å². The Balaban J connectivity index is 1.87. The summed E-state index contributed by atoms with van der Waals surface area (Å²) in [5.41, 5.74) is 4.15. The van der Waals surface area contributed by atoms with Crippen LogP contribution in [0.3, 0.4) is 0 Å². The number of hydrogen-bond donors (Lipinski definition) is 1. The highest BCUT2D eigenvalue weighted by atomic mass is 35.5. The third-order valence-electron chi connectivity index (χ3n) is 5.20. The van der Waals surface area contributed by atoms with E-state index in [0.29, 0.717) is 5.02 Å². The van der Waals surface area contributed by atoms with Gasteiger partial charge in [-0.2, -0.15) is 0 Å². The Kier molecular flexibility index (Phi) is 3.57. The summed E-state index contributed by atoms with van der Waals surface area (Å²) in [6.45, 7) is 1.99. The van der Waals surface area contributed by atoms with Crippen molar-refractivity contribution in [3.8, 4) is 0 Å². The molecule has 1 aliphatic heterocycles. The number of para-hydroxylation sites is 1. The van der Waals surface area contributed by atoms with Crippen molar-refractivity contribution in [1.82, 2.24) is 0 Å². The first-order valence-electron chi connectivity index (χ1n) is 8.03. The normalized spacial score (nSPS) is 24.2. The molecule has 1 heterocycles. The number of benzene rings is 2. The fourth-order valence-electron chi connectivity index (χ4n) is 4.01. The number of allylic oxidation sites excluding steroid dienone is 2. The highest BCUT2D eigenvalue weighted by molar-refractivity contribution is 6.31. The molecule has 0 bridgehead atoms. The summed E-state index contributed by atoms with van der Waals surface area (Å²) in [6, 6.07) is 10.9. The van der Waals surface area contributed by atoms with Gasteiger partial charge in [0.25, 0.3) is 5.69 Å². The van der Waals surface area contributed by atoms with Crippen LogP contribution in [0.2, 0.25) is 5.02 Å². The molecule has 4 rings (SSSR count). The predicted octanol–water partition coefficient (Wildman–Crippen LogP) is 5.38. The van der Waals surface area contributed by atoms with E-state index in [4.69, 9.17) is 11.6 Å². The van der Waals surface area contributed by atoms with Crippen LogP contribution < -0.4 is 5.32 Å². The number of hydrogen-bond acceptors (Lipinski definition) is 3. The minimum absolute atomic E-state index is 0.101. The molecule has 2 aromatic rings. The molecule has 5 heteroatoms. The summed E-state index contributed by atoms with van der Waals surface area (Å²) in [4.78, 5) is 11.2. The first kappa shape index (κ1) is 15.2. The molecule has 0 amide bonds. The van der Waals surface area contributed by atoms with Crippen molar-refractivity contribution in [2.45, 2.75) is 25.3 Å². The zero-order valence-electron chi connectivity index (χ0n) is 13.2. The number of halogens is 1. The minimum Gasteiger partial charge on any atom is -0.377 e. The van der Waals surface area contributed by atoms with Gasteiger partial charge in [0.15, 0.2) is 0 Å². The first-order valence-corrected chi connectivity index (χ1v) is 8.41. The summed E-state index contributed by atoms with van der Waals surface area (Å²) < 4.78 is 0. The van der Waals surface area contributed by atoms with E-state index in [1.807, 2.05) is 25.1 Å². The van der Waals surface area contributed by atoms with Crippen molar-refractivity contribution in [1.29, 1.82) is 0 Å². The molecule has 0 fully saturated rings. The molecule has 0 aromatic heterocycles. The molecular weight excluding hydrogens is 324 g/mol. The van der Waals surface area contributed by atoms with Gasteiger partial charge >= 0.3 is 0 Å². The van der Waals surface area contributed by atoms with Crippen LogP contribution in [0.25, 0.3) is 0 Å². The number of anilines is 1. The average molecular weight is 341 g/mol. The standard InChI is InChI=1S/C19H17ClN2O2/c1-11-16(20)10-9-14-12-6-4-7-13(12)19(21-18(11)14)15-5-2-3-8-17(15)22(23)24/h2-6,8-10,12-13,19,21H,7H2,1H3/t12-,13-,19+/m1/s1. The van der Waals surface area contributed by atoms with E-state index in [1.165, 1.54) is 5.56 Å². The van der Waals surface area contributed by atoms with E-state index < -0.39 is 0 Å². The van der Waals surface area contributed by atoms with Crippen LogP contribution >= 0.6 is 11.6 Å². The van der Waals surface area contributed by atoms with Crippen molar-refractivity contribution in [3.63, 3.8) is 0 Å². The van der Waals surface area contributed by atoms with E-state index in [1.54, 1.807) is 12.1 Å². The van der Waals surface area contributed by atoms with Gasteiger partial charge in [-0.25, -0.2) is 0 Å².